The summed E-state index contributed by atoms with van der Waals surface area (Å²) in [5, 5.41) is 6.76. The highest BCUT2D eigenvalue weighted by Crippen LogP contribution is 2.26. The Labute approximate surface area is 158 Å². The van der Waals surface area contributed by atoms with Gasteiger partial charge in [0.05, 0.1) is 12.9 Å². The zero-order valence-electron chi connectivity index (χ0n) is 13.9. The van der Waals surface area contributed by atoms with Crippen molar-refractivity contribution in [3.8, 4) is 0 Å². The SMILES string of the molecule is CN(CC(=O)NC1CC2CCC(C1)N2)c1ncnc2nc[nH]c12.Cl.Cl. The number of imidazole rings is 1. The molecule has 2 saturated heterocycles. The van der Waals surface area contributed by atoms with Gasteiger partial charge in [0, 0.05) is 25.2 Å². The number of rotatable bonds is 4. The second kappa shape index (κ2) is 8.16. The van der Waals surface area contributed by atoms with Gasteiger partial charge < -0.3 is 20.5 Å². The lowest BCUT2D eigenvalue weighted by Gasteiger charge is -2.30. The summed E-state index contributed by atoms with van der Waals surface area (Å²) < 4.78 is 0. The summed E-state index contributed by atoms with van der Waals surface area (Å²) in [6.07, 6.45) is 7.58. The van der Waals surface area contributed by atoms with Crippen LogP contribution in [0.4, 0.5) is 5.82 Å². The maximum atomic E-state index is 12.4. The van der Waals surface area contributed by atoms with Crippen molar-refractivity contribution in [1.29, 1.82) is 0 Å². The van der Waals surface area contributed by atoms with Gasteiger partial charge in [0.2, 0.25) is 5.91 Å². The quantitative estimate of drug-likeness (QED) is 0.724. The van der Waals surface area contributed by atoms with Crippen molar-refractivity contribution in [3.63, 3.8) is 0 Å². The van der Waals surface area contributed by atoms with E-state index in [0.29, 0.717) is 23.5 Å². The van der Waals surface area contributed by atoms with E-state index in [1.807, 2.05) is 11.9 Å². The van der Waals surface area contributed by atoms with E-state index in [0.717, 1.165) is 18.4 Å². The summed E-state index contributed by atoms with van der Waals surface area (Å²) >= 11 is 0. The van der Waals surface area contributed by atoms with E-state index in [-0.39, 0.29) is 43.3 Å². The Balaban J connectivity index is 0.00000113. The van der Waals surface area contributed by atoms with Crippen LogP contribution in [0, 0.1) is 0 Å². The molecule has 8 nitrogen and oxygen atoms in total. The lowest BCUT2D eigenvalue weighted by Crippen LogP contribution is -2.49. The molecule has 2 unspecified atom stereocenters. The number of fused-ring (bicyclic) bond motifs is 3. The number of hydrogen-bond donors (Lipinski definition) is 3. The molecule has 2 atom stereocenters. The first kappa shape index (κ1) is 19.7. The Morgan fingerprint density at radius 1 is 1.24 bits per heavy atom. The van der Waals surface area contributed by atoms with Gasteiger partial charge in [-0.2, -0.15) is 0 Å². The normalized spacial score (nSPS) is 24.3. The number of H-pyrrole nitrogens is 1. The number of aromatic amines is 1. The summed E-state index contributed by atoms with van der Waals surface area (Å²) in [7, 11) is 1.86. The molecular formula is C15H23Cl2N7O. The van der Waals surface area contributed by atoms with Crippen molar-refractivity contribution in [2.45, 2.75) is 43.8 Å². The van der Waals surface area contributed by atoms with E-state index in [1.165, 1.54) is 19.2 Å². The van der Waals surface area contributed by atoms with Crippen molar-refractivity contribution in [2.24, 2.45) is 0 Å². The number of halogens is 2. The molecule has 2 aromatic heterocycles. The number of hydrogen-bond acceptors (Lipinski definition) is 6. The molecule has 0 radical (unpaired) electrons. The number of carbonyl (C=O) groups excluding carboxylic acids is 1. The second-order valence-corrected chi connectivity index (χ2v) is 6.53. The number of carbonyl (C=O) groups is 1. The van der Waals surface area contributed by atoms with E-state index >= 15 is 0 Å². The molecule has 4 heterocycles. The van der Waals surface area contributed by atoms with Crippen LogP contribution in [0.25, 0.3) is 11.2 Å². The standard InChI is InChI=1S/C15H21N7O.2ClH/c1-22(15-13-14(17-7-16-13)18-8-19-15)6-12(23)21-11-4-9-2-3-10(5-11)20-9;;/h7-11,20H,2-6H2,1H3,(H,21,23)(H,16,17,18,19);2*1H. The fraction of sp³-hybridized carbons (Fsp3) is 0.600. The lowest BCUT2D eigenvalue weighted by molar-refractivity contribution is -0.120. The van der Waals surface area contributed by atoms with Gasteiger partial charge in [-0.15, -0.1) is 24.8 Å². The highest BCUT2D eigenvalue weighted by Gasteiger charge is 2.34. The summed E-state index contributed by atoms with van der Waals surface area (Å²) in [4.78, 5) is 29.7. The Morgan fingerprint density at radius 3 is 2.68 bits per heavy atom. The molecule has 2 fully saturated rings. The van der Waals surface area contributed by atoms with Gasteiger partial charge in [-0.3, -0.25) is 4.79 Å². The highest BCUT2D eigenvalue weighted by molar-refractivity contribution is 5.87. The van der Waals surface area contributed by atoms with E-state index in [4.69, 9.17) is 0 Å². The Hall–Kier alpha value is -1.64. The minimum absolute atomic E-state index is 0. The molecule has 1 amide bonds. The third-order valence-corrected chi connectivity index (χ3v) is 4.78. The first-order valence-corrected chi connectivity index (χ1v) is 8.09. The molecule has 138 valence electrons. The number of aromatic nitrogens is 4. The van der Waals surface area contributed by atoms with Crippen molar-refractivity contribution in [3.05, 3.63) is 12.7 Å². The molecule has 2 aliphatic rings. The predicted octanol–water partition coefficient (Wildman–Crippen LogP) is 1.03. The third kappa shape index (κ3) is 4.13. The van der Waals surface area contributed by atoms with Crippen LogP contribution in [0.5, 0.6) is 0 Å². The lowest BCUT2D eigenvalue weighted by atomic mass is 10.00. The molecule has 0 aromatic carbocycles. The van der Waals surface area contributed by atoms with Crippen LogP contribution in [-0.2, 0) is 4.79 Å². The summed E-state index contributed by atoms with van der Waals surface area (Å²) in [5.74, 6) is 0.720. The minimum atomic E-state index is 0. The number of piperidine rings is 1. The number of anilines is 1. The van der Waals surface area contributed by atoms with Crippen molar-refractivity contribution in [2.75, 3.05) is 18.5 Å². The summed E-state index contributed by atoms with van der Waals surface area (Å²) in [6, 6.07) is 1.43. The van der Waals surface area contributed by atoms with Crippen LogP contribution in [0.15, 0.2) is 12.7 Å². The molecule has 0 saturated carbocycles. The zero-order valence-corrected chi connectivity index (χ0v) is 15.6. The monoisotopic (exact) mass is 387 g/mol. The van der Waals surface area contributed by atoms with E-state index in [9.17, 15) is 4.79 Å². The molecule has 2 aromatic rings. The third-order valence-electron chi connectivity index (χ3n) is 4.78. The molecular weight excluding hydrogens is 365 g/mol. The van der Waals surface area contributed by atoms with Gasteiger partial charge in [-0.25, -0.2) is 15.0 Å². The fourth-order valence-electron chi connectivity index (χ4n) is 3.78. The van der Waals surface area contributed by atoms with Crippen LogP contribution < -0.4 is 15.5 Å². The van der Waals surface area contributed by atoms with Gasteiger partial charge in [0.25, 0.3) is 0 Å². The number of amides is 1. The summed E-state index contributed by atoms with van der Waals surface area (Å²) in [6.45, 7) is 0.268. The molecule has 0 aliphatic carbocycles. The van der Waals surface area contributed by atoms with Crippen molar-refractivity contribution < 1.29 is 4.79 Å². The van der Waals surface area contributed by atoms with Crippen LogP contribution in [0.2, 0.25) is 0 Å². The second-order valence-electron chi connectivity index (χ2n) is 6.53. The summed E-state index contributed by atoms with van der Waals surface area (Å²) in [5.41, 5.74) is 1.36. The van der Waals surface area contributed by atoms with Gasteiger partial charge in [0.15, 0.2) is 11.5 Å². The van der Waals surface area contributed by atoms with E-state index in [1.54, 1.807) is 6.33 Å². The maximum absolute atomic E-state index is 12.4. The molecule has 10 heteroatoms. The van der Waals surface area contributed by atoms with Gasteiger partial charge in [-0.1, -0.05) is 0 Å². The Morgan fingerprint density at radius 2 is 1.96 bits per heavy atom. The first-order valence-electron chi connectivity index (χ1n) is 8.09. The predicted molar refractivity (Wildman–Crippen MR) is 101 cm³/mol. The number of likely N-dealkylation sites (N-methyl/N-ethyl adjacent to an activating group) is 1. The number of nitrogens with zero attached hydrogens (tertiary/aromatic N) is 4. The molecule has 2 aliphatic heterocycles. The van der Waals surface area contributed by atoms with Crippen LogP contribution in [0.3, 0.4) is 0 Å². The Kier molecular flexibility index (Phi) is 6.42. The molecule has 25 heavy (non-hydrogen) atoms. The fourth-order valence-corrected chi connectivity index (χ4v) is 3.78. The molecule has 2 bridgehead atoms. The van der Waals surface area contributed by atoms with Crippen molar-refractivity contribution in [1.82, 2.24) is 30.6 Å². The molecule has 4 rings (SSSR count). The van der Waals surface area contributed by atoms with Crippen molar-refractivity contribution >= 4 is 47.7 Å². The largest absolute Gasteiger partial charge is 0.352 e. The van der Waals surface area contributed by atoms with Gasteiger partial charge in [0.1, 0.15) is 11.8 Å². The van der Waals surface area contributed by atoms with E-state index in [2.05, 4.69) is 30.6 Å². The minimum Gasteiger partial charge on any atom is -0.352 e. The molecule has 3 N–H and O–H groups in total. The van der Waals surface area contributed by atoms with Gasteiger partial charge >= 0.3 is 0 Å². The average Bonchev–Trinajstić information content (AvgIpc) is 3.13. The number of nitrogens with one attached hydrogen (secondary N) is 3. The first-order chi connectivity index (χ1) is 11.2. The maximum Gasteiger partial charge on any atom is 0.239 e. The smallest absolute Gasteiger partial charge is 0.239 e. The Bertz CT molecular complexity index is 713. The average molecular weight is 388 g/mol. The van der Waals surface area contributed by atoms with Crippen LogP contribution in [0.1, 0.15) is 25.7 Å². The zero-order chi connectivity index (χ0) is 15.8. The molecule has 0 spiro atoms. The van der Waals surface area contributed by atoms with Gasteiger partial charge in [-0.05, 0) is 25.7 Å². The highest BCUT2D eigenvalue weighted by atomic mass is 35.5. The van der Waals surface area contributed by atoms with Crippen LogP contribution >= 0.6 is 24.8 Å². The van der Waals surface area contributed by atoms with E-state index < -0.39 is 0 Å². The van der Waals surface area contributed by atoms with Crippen LogP contribution in [-0.4, -0.2) is 57.6 Å². The topological polar surface area (TPSA) is 98.8 Å².